The molecule has 0 spiro atoms. The molecule has 0 aromatic carbocycles. The second-order valence-corrected chi connectivity index (χ2v) is 8.75. The maximum Gasteiger partial charge on any atom is 0.262 e. The summed E-state index contributed by atoms with van der Waals surface area (Å²) in [6, 6.07) is 0. The minimum Gasteiger partial charge on any atom is -0.313 e. The molecular formula is C13H24N4O2S2. The van der Waals surface area contributed by atoms with Crippen LogP contribution in [0.4, 0.5) is 0 Å². The van der Waals surface area contributed by atoms with Crippen molar-refractivity contribution in [2.24, 2.45) is 0 Å². The quantitative estimate of drug-likeness (QED) is 0.769. The summed E-state index contributed by atoms with van der Waals surface area (Å²) in [6.45, 7) is 8.52. The number of aromatic amines is 1. The third-order valence-corrected chi connectivity index (χ3v) is 6.53. The number of thioether (sulfide) groups is 1. The van der Waals surface area contributed by atoms with Crippen molar-refractivity contribution < 1.29 is 8.42 Å². The number of nitrogens with zero attached hydrogens (tertiary/aromatic N) is 2. The van der Waals surface area contributed by atoms with Crippen molar-refractivity contribution in [3.8, 4) is 0 Å². The van der Waals surface area contributed by atoms with E-state index in [9.17, 15) is 8.42 Å². The average Bonchev–Trinajstić information content (AvgIpc) is 2.81. The fourth-order valence-corrected chi connectivity index (χ4v) is 5.29. The molecule has 1 aromatic heterocycles. The molecule has 0 amide bonds. The van der Waals surface area contributed by atoms with Gasteiger partial charge in [0.05, 0.1) is 0 Å². The van der Waals surface area contributed by atoms with Gasteiger partial charge in [0.15, 0.2) is 5.03 Å². The maximum absolute atomic E-state index is 12.8. The van der Waals surface area contributed by atoms with Crippen molar-refractivity contribution in [2.45, 2.75) is 44.0 Å². The number of H-pyrrole nitrogens is 1. The number of sulfonamides is 1. The van der Waals surface area contributed by atoms with Gasteiger partial charge in [-0.2, -0.15) is 21.2 Å². The van der Waals surface area contributed by atoms with E-state index in [0.717, 1.165) is 30.0 Å². The van der Waals surface area contributed by atoms with E-state index in [1.807, 2.05) is 18.7 Å². The lowest BCUT2D eigenvalue weighted by molar-refractivity contribution is 0.421. The highest BCUT2D eigenvalue weighted by molar-refractivity contribution is 8.00. The molecule has 2 rings (SSSR count). The van der Waals surface area contributed by atoms with Crippen molar-refractivity contribution in [1.29, 1.82) is 0 Å². The van der Waals surface area contributed by atoms with Crippen LogP contribution >= 0.6 is 11.8 Å². The van der Waals surface area contributed by atoms with Crippen LogP contribution in [-0.4, -0.2) is 53.6 Å². The van der Waals surface area contributed by atoms with E-state index in [0.29, 0.717) is 24.9 Å². The first kappa shape index (κ1) is 16.8. The summed E-state index contributed by atoms with van der Waals surface area (Å²) in [6.07, 6.45) is 1.01. The molecule has 1 aromatic rings. The monoisotopic (exact) mass is 332 g/mol. The molecule has 0 aliphatic carbocycles. The average molecular weight is 332 g/mol. The minimum absolute atomic E-state index is 0.183. The smallest absolute Gasteiger partial charge is 0.262 e. The van der Waals surface area contributed by atoms with Crippen molar-refractivity contribution in [3.05, 3.63) is 11.3 Å². The molecule has 21 heavy (non-hydrogen) atoms. The van der Waals surface area contributed by atoms with Gasteiger partial charge in [-0.15, -0.1) is 0 Å². The fourth-order valence-electron chi connectivity index (χ4n) is 2.37. The first-order chi connectivity index (χ1) is 9.96. The SMILES string of the molecule is CCCNCc1c(S(=O)(=O)N2CCSC(C)C2)n[nH]c1C. The standard InChI is InChI=1S/C13H24N4O2S2/c1-4-5-14-8-12-11(3)15-16-13(12)21(18,19)17-6-7-20-10(2)9-17/h10,14H,4-9H2,1-3H3,(H,15,16). The third-order valence-electron chi connectivity index (χ3n) is 3.55. The van der Waals surface area contributed by atoms with Crippen LogP contribution in [0.3, 0.4) is 0 Å². The molecule has 2 heterocycles. The Morgan fingerprint density at radius 3 is 2.95 bits per heavy atom. The van der Waals surface area contributed by atoms with Crippen molar-refractivity contribution in [2.75, 3.05) is 25.4 Å². The number of hydrogen-bond donors (Lipinski definition) is 2. The van der Waals surface area contributed by atoms with Gasteiger partial charge in [0.1, 0.15) is 0 Å². The van der Waals surface area contributed by atoms with Gasteiger partial charge in [-0.25, -0.2) is 8.42 Å². The van der Waals surface area contributed by atoms with Gasteiger partial charge in [-0.3, -0.25) is 5.10 Å². The molecular weight excluding hydrogens is 308 g/mol. The lowest BCUT2D eigenvalue weighted by Gasteiger charge is -2.29. The van der Waals surface area contributed by atoms with E-state index in [-0.39, 0.29) is 5.03 Å². The van der Waals surface area contributed by atoms with Crippen LogP contribution in [0.15, 0.2) is 5.03 Å². The van der Waals surface area contributed by atoms with E-state index in [1.54, 1.807) is 4.31 Å². The Hall–Kier alpha value is -0.570. The molecule has 0 radical (unpaired) electrons. The van der Waals surface area contributed by atoms with Crippen LogP contribution in [0, 0.1) is 6.92 Å². The number of nitrogens with one attached hydrogen (secondary N) is 2. The first-order valence-corrected chi connectivity index (χ1v) is 9.82. The van der Waals surface area contributed by atoms with Crippen molar-refractivity contribution in [1.82, 2.24) is 19.8 Å². The zero-order chi connectivity index (χ0) is 15.5. The summed E-state index contributed by atoms with van der Waals surface area (Å²) in [5, 5.41) is 10.7. The van der Waals surface area contributed by atoms with E-state index in [2.05, 4.69) is 29.4 Å². The summed E-state index contributed by atoms with van der Waals surface area (Å²) in [4.78, 5) is 0. The molecule has 6 nitrogen and oxygen atoms in total. The van der Waals surface area contributed by atoms with Crippen LogP contribution in [0.5, 0.6) is 0 Å². The molecule has 0 bridgehead atoms. The molecule has 1 saturated heterocycles. The van der Waals surface area contributed by atoms with Crippen LogP contribution in [0.1, 0.15) is 31.5 Å². The third kappa shape index (κ3) is 3.80. The molecule has 1 fully saturated rings. The molecule has 120 valence electrons. The molecule has 2 N–H and O–H groups in total. The summed E-state index contributed by atoms with van der Waals surface area (Å²) in [7, 11) is -3.50. The Morgan fingerprint density at radius 2 is 2.29 bits per heavy atom. The van der Waals surface area contributed by atoms with Gasteiger partial charge in [-0.1, -0.05) is 13.8 Å². The summed E-state index contributed by atoms with van der Waals surface area (Å²) >= 11 is 1.81. The Balaban J connectivity index is 2.23. The number of rotatable bonds is 6. The van der Waals surface area contributed by atoms with Crippen LogP contribution in [0.2, 0.25) is 0 Å². The number of aryl methyl sites for hydroxylation is 1. The first-order valence-electron chi connectivity index (χ1n) is 7.33. The lowest BCUT2D eigenvalue weighted by atomic mass is 10.2. The van der Waals surface area contributed by atoms with Crippen molar-refractivity contribution in [3.63, 3.8) is 0 Å². The summed E-state index contributed by atoms with van der Waals surface area (Å²) in [5.41, 5.74) is 1.57. The topological polar surface area (TPSA) is 78.1 Å². The molecule has 0 saturated carbocycles. The highest BCUT2D eigenvalue weighted by atomic mass is 32.2. The van der Waals surface area contributed by atoms with Gasteiger partial charge in [0.25, 0.3) is 10.0 Å². The van der Waals surface area contributed by atoms with Crippen LogP contribution < -0.4 is 5.32 Å². The highest BCUT2D eigenvalue weighted by Gasteiger charge is 2.33. The lowest BCUT2D eigenvalue weighted by Crippen LogP contribution is -2.41. The summed E-state index contributed by atoms with van der Waals surface area (Å²) in [5.74, 6) is 0.840. The molecule has 8 heteroatoms. The van der Waals surface area contributed by atoms with Gasteiger partial charge < -0.3 is 5.32 Å². The van der Waals surface area contributed by atoms with Crippen LogP contribution in [-0.2, 0) is 16.6 Å². The Labute approximate surface area is 131 Å². The van der Waals surface area contributed by atoms with Crippen molar-refractivity contribution >= 4 is 21.8 Å². The highest BCUT2D eigenvalue weighted by Crippen LogP contribution is 2.26. The van der Waals surface area contributed by atoms with E-state index in [1.165, 1.54) is 0 Å². The Morgan fingerprint density at radius 1 is 1.52 bits per heavy atom. The normalized spacial score (nSPS) is 20.8. The zero-order valence-corrected chi connectivity index (χ0v) is 14.5. The Kier molecular flexibility index (Phi) is 5.70. The summed E-state index contributed by atoms with van der Waals surface area (Å²) < 4.78 is 27.2. The van der Waals surface area contributed by atoms with Gasteiger partial charge >= 0.3 is 0 Å². The van der Waals surface area contributed by atoms with Crippen LogP contribution in [0.25, 0.3) is 0 Å². The second kappa shape index (κ2) is 7.13. The van der Waals surface area contributed by atoms with Gasteiger partial charge in [0, 0.05) is 41.9 Å². The predicted molar refractivity (Wildman–Crippen MR) is 86.0 cm³/mol. The minimum atomic E-state index is -3.50. The van der Waals surface area contributed by atoms with E-state index in [4.69, 9.17) is 0 Å². The van der Waals surface area contributed by atoms with E-state index >= 15 is 0 Å². The van der Waals surface area contributed by atoms with Gasteiger partial charge in [-0.05, 0) is 19.9 Å². The number of aromatic nitrogens is 2. The Bertz CT molecular complexity index is 571. The second-order valence-electron chi connectivity index (χ2n) is 5.35. The van der Waals surface area contributed by atoms with E-state index < -0.39 is 10.0 Å². The molecule has 1 aliphatic rings. The molecule has 1 aliphatic heterocycles. The zero-order valence-electron chi connectivity index (χ0n) is 12.8. The fraction of sp³-hybridized carbons (Fsp3) is 0.769. The molecule has 1 unspecified atom stereocenters. The van der Waals surface area contributed by atoms with Gasteiger partial charge in [0.2, 0.25) is 0 Å². The molecule has 1 atom stereocenters. The predicted octanol–water partition coefficient (Wildman–Crippen LogP) is 1.34. The maximum atomic E-state index is 12.8. The largest absolute Gasteiger partial charge is 0.313 e. The number of hydrogen-bond acceptors (Lipinski definition) is 5.